The predicted molar refractivity (Wildman–Crippen MR) is 55.6 cm³/mol. The van der Waals surface area contributed by atoms with Crippen molar-refractivity contribution in [2.45, 2.75) is 33.0 Å². The molecule has 0 aliphatic heterocycles. The van der Waals surface area contributed by atoms with E-state index in [9.17, 15) is 9.59 Å². The molecule has 0 spiro atoms. The van der Waals surface area contributed by atoms with E-state index in [1.54, 1.807) is 6.92 Å². The van der Waals surface area contributed by atoms with Gasteiger partial charge in [-0.15, -0.1) is 0 Å². The fourth-order valence-corrected chi connectivity index (χ4v) is 1.27. The molecule has 0 radical (unpaired) electrons. The van der Waals surface area contributed by atoms with Gasteiger partial charge < -0.3 is 9.47 Å². The van der Waals surface area contributed by atoms with Crippen molar-refractivity contribution < 1.29 is 19.1 Å². The molecular formula is C9H18O4Si. The van der Waals surface area contributed by atoms with Crippen molar-refractivity contribution in [3.05, 3.63) is 0 Å². The third kappa shape index (κ3) is 7.79. The van der Waals surface area contributed by atoms with Crippen molar-refractivity contribution in [1.29, 1.82) is 0 Å². The van der Waals surface area contributed by atoms with Gasteiger partial charge in [-0.05, 0) is 6.92 Å². The first-order valence-electron chi connectivity index (χ1n) is 4.66. The Balaban J connectivity index is 3.71. The summed E-state index contributed by atoms with van der Waals surface area (Å²) < 4.78 is 9.56. The molecule has 0 rings (SSSR count). The van der Waals surface area contributed by atoms with Gasteiger partial charge in [0.1, 0.15) is 6.42 Å². The van der Waals surface area contributed by atoms with Crippen molar-refractivity contribution >= 4 is 20.0 Å². The Hall–Kier alpha value is -0.843. The number of hydrogen-bond donors (Lipinski definition) is 0. The summed E-state index contributed by atoms with van der Waals surface area (Å²) >= 11 is 0. The lowest BCUT2D eigenvalue weighted by Crippen LogP contribution is -2.30. The predicted octanol–water partition coefficient (Wildman–Crippen LogP) is 1.36. The van der Waals surface area contributed by atoms with Crippen LogP contribution in [0.15, 0.2) is 0 Å². The highest BCUT2D eigenvalue weighted by Gasteiger charge is 2.18. The molecule has 0 N–H and O–H groups in total. The molecule has 4 nitrogen and oxygen atoms in total. The van der Waals surface area contributed by atoms with Gasteiger partial charge in [-0.1, -0.05) is 19.6 Å². The summed E-state index contributed by atoms with van der Waals surface area (Å²) in [5, 5.41) is 0. The van der Waals surface area contributed by atoms with Crippen molar-refractivity contribution in [3.63, 3.8) is 0 Å². The quantitative estimate of drug-likeness (QED) is 0.397. The number of hydrogen-bond acceptors (Lipinski definition) is 4. The van der Waals surface area contributed by atoms with Crippen molar-refractivity contribution in [2.75, 3.05) is 12.8 Å². The van der Waals surface area contributed by atoms with E-state index in [4.69, 9.17) is 4.74 Å². The average Bonchev–Trinajstić information content (AvgIpc) is 2.00. The second kappa shape index (κ2) is 5.80. The molecule has 0 aliphatic carbocycles. The van der Waals surface area contributed by atoms with E-state index >= 15 is 0 Å². The molecule has 0 bridgehead atoms. The van der Waals surface area contributed by atoms with Crippen LogP contribution in [-0.2, 0) is 19.1 Å². The highest BCUT2D eigenvalue weighted by atomic mass is 28.3. The molecule has 5 heteroatoms. The van der Waals surface area contributed by atoms with Gasteiger partial charge in [0.2, 0.25) is 0 Å². The Labute approximate surface area is 85.6 Å². The molecule has 0 saturated carbocycles. The van der Waals surface area contributed by atoms with Gasteiger partial charge >= 0.3 is 11.9 Å². The third-order valence-electron chi connectivity index (χ3n) is 1.26. The van der Waals surface area contributed by atoms with Gasteiger partial charge in [-0.3, -0.25) is 9.59 Å². The van der Waals surface area contributed by atoms with E-state index in [1.807, 2.05) is 0 Å². The normalized spacial score (nSPS) is 10.9. The topological polar surface area (TPSA) is 52.6 Å². The van der Waals surface area contributed by atoms with Crippen LogP contribution in [0.2, 0.25) is 19.6 Å². The number of ether oxygens (including phenoxy) is 2. The standard InChI is InChI=1S/C9H18O4Si/c1-5-12-8(10)6-9(11)13-7-14(2,3)4/h5-7H2,1-4H3. The van der Waals surface area contributed by atoms with Crippen LogP contribution in [0.25, 0.3) is 0 Å². The fraction of sp³-hybridized carbons (Fsp3) is 0.778. The van der Waals surface area contributed by atoms with Gasteiger partial charge in [-0.2, -0.15) is 0 Å². The Morgan fingerprint density at radius 2 is 1.57 bits per heavy atom. The maximum absolute atomic E-state index is 11.1. The Morgan fingerprint density at radius 1 is 1.07 bits per heavy atom. The van der Waals surface area contributed by atoms with Crippen molar-refractivity contribution in [2.24, 2.45) is 0 Å². The van der Waals surface area contributed by atoms with Crippen LogP contribution in [0, 0.1) is 0 Å². The van der Waals surface area contributed by atoms with E-state index in [0.717, 1.165) is 0 Å². The lowest BCUT2D eigenvalue weighted by atomic mass is 10.4. The molecule has 0 aliphatic rings. The fourth-order valence-electron chi connectivity index (χ4n) is 0.678. The molecule has 0 fully saturated rings. The number of carbonyl (C=O) groups excluding carboxylic acids is 2. The highest BCUT2D eigenvalue weighted by molar-refractivity contribution is 6.76. The first-order valence-corrected chi connectivity index (χ1v) is 8.37. The van der Waals surface area contributed by atoms with E-state index in [-0.39, 0.29) is 6.42 Å². The summed E-state index contributed by atoms with van der Waals surface area (Å²) in [6.45, 7) is 8.26. The molecule has 0 amide bonds. The second-order valence-corrected chi connectivity index (χ2v) is 9.61. The SMILES string of the molecule is CCOC(=O)CC(=O)OC[Si](C)(C)C. The van der Waals surface area contributed by atoms with Crippen LogP contribution >= 0.6 is 0 Å². The minimum atomic E-state index is -1.38. The molecule has 0 aromatic carbocycles. The second-order valence-electron chi connectivity index (χ2n) is 4.20. The zero-order valence-electron chi connectivity index (χ0n) is 9.25. The smallest absolute Gasteiger partial charge is 0.317 e. The van der Waals surface area contributed by atoms with Crippen LogP contribution in [-0.4, -0.2) is 32.8 Å². The molecule has 0 aromatic rings. The summed E-state index contributed by atoms with van der Waals surface area (Å²) in [5.41, 5.74) is 0. The average molecular weight is 218 g/mol. The van der Waals surface area contributed by atoms with Crippen molar-refractivity contribution in [3.8, 4) is 0 Å². The first kappa shape index (κ1) is 13.2. The minimum Gasteiger partial charge on any atom is -0.469 e. The first-order chi connectivity index (χ1) is 6.35. The minimum absolute atomic E-state index is 0.279. The van der Waals surface area contributed by atoms with Crippen LogP contribution < -0.4 is 0 Å². The van der Waals surface area contributed by atoms with Gasteiger partial charge in [0.05, 0.1) is 20.9 Å². The molecule has 82 valence electrons. The largest absolute Gasteiger partial charge is 0.469 e. The van der Waals surface area contributed by atoms with E-state index in [2.05, 4.69) is 24.4 Å². The Bertz CT molecular complexity index is 207. The number of carbonyl (C=O) groups is 2. The summed E-state index contributed by atoms with van der Waals surface area (Å²) in [6, 6.07) is 0. The van der Waals surface area contributed by atoms with Gasteiger partial charge in [0, 0.05) is 0 Å². The number of rotatable bonds is 5. The van der Waals surface area contributed by atoms with Crippen LogP contribution in [0.1, 0.15) is 13.3 Å². The maximum Gasteiger partial charge on any atom is 0.317 e. The zero-order chi connectivity index (χ0) is 11.2. The third-order valence-corrected chi connectivity index (χ3v) is 2.27. The Morgan fingerprint density at radius 3 is 2.00 bits per heavy atom. The zero-order valence-corrected chi connectivity index (χ0v) is 10.3. The van der Waals surface area contributed by atoms with Gasteiger partial charge in [0.15, 0.2) is 0 Å². The van der Waals surface area contributed by atoms with Gasteiger partial charge in [0.25, 0.3) is 0 Å². The molecule has 0 heterocycles. The highest BCUT2D eigenvalue weighted by Crippen LogP contribution is 2.02. The summed E-state index contributed by atoms with van der Waals surface area (Å²) in [5.74, 6) is -1.01. The van der Waals surface area contributed by atoms with Crippen LogP contribution in [0.5, 0.6) is 0 Å². The lowest BCUT2D eigenvalue weighted by molar-refractivity contribution is -0.153. The molecular weight excluding hydrogens is 200 g/mol. The van der Waals surface area contributed by atoms with E-state index in [0.29, 0.717) is 12.8 Å². The maximum atomic E-state index is 11.1. The van der Waals surface area contributed by atoms with Crippen LogP contribution in [0.4, 0.5) is 0 Å². The molecule has 0 aromatic heterocycles. The summed E-state index contributed by atoms with van der Waals surface area (Å²) in [4.78, 5) is 21.9. The summed E-state index contributed by atoms with van der Waals surface area (Å²) in [7, 11) is -1.38. The monoisotopic (exact) mass is 218 g/mol. The van der Waals surface area contributed by atoms with Crippen molar-refractivity contribution in [1.82, 2.24) is 0 Å². The Kier molecular flexibility index (Phi) is 5.45. The molecule has 0 unspecified atom stereocenters. The molecule has 0 saturated heterocycles. The summed E-state index contributed by atoms with van der Waals surface area (Å²) in [6.07, 6.45) is 0.170. The number of esters is 2. The van der Waals surface area contributed by atoms with E-state index in [1.165, 1.54) is 0 Å². The van der Waals surface area contributed by atoms with Gasteiger partial charge in [-0.25, -0.2) is 0 Å². The molecule has 14 heavy (non-hydrogen) atoms. The lowest BCUT2D eigenvalue weighted by Gasteiger charge is -2.15. The molecule has 0 atom stereocenters. The van der Waals surface area contributed by atoms with E-state index < -0.39 is 20.0 Å². The van der Waals surface area contributed by atoms with Crippen LogP contribution in [0.3, 0.4) is 0 Å².